The SMILES string of the molecule is CCC(CNC(=NC)NCc1ccc(S(=O)(=O)N(C)C)s1)Oc1cccc(F)c1. The average Bonchev–Trinajstić information content (AvgIpc) is 3.16. The lowest BCUT2D eigenvalue weighted by Crippen LogP contribution is -2.42. The molecule has 0 spiro atoms. The third-order valence-corrected chi connectivity index (χ3v) is 7.44. The van der Waals surface area contributed by atoms with Gasteiger partial charge in [-0.05, 0) is 30.7 Å². The Bertz CT molecular complexity index is 929. The number of benzene rings is 1. The van der Waals surface area contributed by atoms with Crippen molar-refractivity contribution in [2.24, 2.45) is 4.99 Å². The van der Waals surface area contributed by atoms with Crippen LogP contribution in [-0.2, 0) is 16.6 Å². The Kier molecular flexibility index (Phi) is 8.42. The number of ether oxygens (including phenoxy) is 1. The molecule has 1 unspecified atom stereocenters. The number of thiophene rings is 1. The van der Waals surface area contributed by atoms with Crippen molar-refractivity contribution in [3.63, 3.8) is 0 Å². The first-order valence-corrected chi connectivity index (χ1v) is 11.4. The molecule has 0 aliphatic carbocycles. The molecule has 1 aromatic carbocycles. The lowest BCUT2D eigenvalue weighted by atomic mass is 10.2. The number of aliphatic imine (C=N–C) groups is 1. The van der Waals surface area contributed by atoms with Crippen molar-refractivity contribution in [1.29, 1.82) is 0 Å². The van der Waals surface area contributed by atoms with Crippen LogP contribution in [0.2, 0.25) is 0 Å². The maximum Gasteiger partial charge on any atom is 0.252 e. The Morgan fingerprint density at radius 1 is 1.28 bits per heavy atom. The van der Waals surface area contributed by atoms with Gasteiger partial charge in [0.25, 0.3) is 10.0 Å². The quantitative estimate of drug-likeness (QED) is 0.461. The molecule has 0 fully saturated rings. The van der Waals surface area contributed by atoms with Crippen molar-refractivity contribution in [3.05, 3.63) is 47.1 Å². The van der Waals surface area contributed by atoms with Crippen LogP contribution < -0.4 is 15.4 Å². The summed E-state index contributed by atoms with van der Waals surface area (Å²) in [4.78, 5) is 5.04. The van der Waals surface area contributed by atoms with Gasteiger partial charge in [-0.1, -0.05) is 13.0 Å². The molecule has 1 heterocycles. The second kappa shape index (κ2) is 10.6. The normalized spacial score (nSPS) is 13.4. The minimum Gasteiger partial charge on any atom is -0.489 e. The van der Waals surface area contributed by atoms with Gasteiger partial charge in [-0.3, -0.25) is 4.99 Å². The second-order valence-corrected chi connectivity index (χ2v) is 9.97. The van der Waals surface area contributed by atoms with Crippen LogP contribution in [0.15, 0.2) is 45.6 Å². The molecule has 0 radical (unpaired) electrons. The molecule has 0 saturated heterocycles. The van der Waals surface area contributed by atoms with Crippen LogP contribution in [0.5, 0.6) is 5.75 Å². The molecule has 2 rings (SSSR count). The molecular weight excluding hydrogens is 415 g/mol. The van der Waals surface area contributed by atoms with Crippen LogP contribution in [0.3, 0.4) is 0 Å². The Morgan fingerprint density at radius 3 is 2.66 bits per heavy atom. The smallest absolute Gasteiger partial charge is 0.252 e. The third-order valence-electron chi connectivity index (χ3n) is 4.08. The van der Waals surface area contributed by atoms with Crippen LogP contribution >= 0.6 is 11.3 Å². The van der Waals surface area contributed by atoms with Gasteiger partial charge in [0, 0.05) is 32.1 Å². The summed E-state index contributed by atoms with van der Waals surface area (Å²) in [5.41, 5.74) is 0. The summed E-state index contributed by atoms with van der Waals surface area (Å²) in [5, 5.41) is 6.34. The summed E-state index contributed by atoms with van der Waals surface area (Å²) in [7, 11) is 1.25. The predicted octanol–water partition coefficient (Wildman–Crippen LogP) is 2.66. The van der Waals surface area contributed by atoms with Gasteiger partial charge in [0.2, 0.25) is 0 Å². The number of hydrogen-bond acceptors (Lipinski definition) is 5. The van der Waals surface area contributed by atoms with Gasteiger partial charge >= 0.3 is 0 Å². The summed E-state index contributed by atoms with van der Waals surface area (Å²) in [6, 6.07) is 9.44. The summed E-state index contributed by atoms with van der Waals surface area (Å²) >= 11 is 1.22. The highest BCUT2D eigenvalue weighted by Crippen LogP contribution is 2.23. The van der Waals surface area contributed by atoms with Gasteiger partial charge in [0.15, 0.2) is 5.96 Å². The molecule has 0 aliphatic rings. The second-order valence-electron chi connectivity index (χ2n) is 6.42. The summed E-state index contributed by atoms with van der Waals surface area (Å²) in [6.45, 7) is 2.91. The Hall–Kier alpha value is -2.17. The van der Waals surface area contributed by atoms with Gasteiger partial charge in [-0.2, -0.15) is 0 Å². The van der Waals surface area contributed by atoms with Gasteiger partial charge in [0.1, 0.15) is 21.9 Å². The van der Waals surface area contributed by atoms with E-state index in [1.165, 1.54) is 41.9 Å². The number of guanidine groups is 1. The Labute approximate surface area is 175 Å². The van der Waals surface area contributed by atoms with Crippen molar-refractivity contribution in [3.8, 4) is 5.75 Å². The van der Waals surface area contributed by atoms with Gasteiger partial charge in [-0.25, -0.2) is 17.1 Å². The van der Waals surface area contributed by atoms with E-state index >= 15 is 0 Å². The van der Waals surface area contributed by atoms with E-state index in [-0.39, 0.29) is 11.9 Å². The number of rotatable bonds is 9. The molecule has 0 amide bonds. The van der Waals surface area contributed by atoms with Crippen LogP contribution in [0, 0.1) is 5.82 Å². The molecule has 0 aliphatic heterocycles. The van der Waals surface area contributed by atoms with Crippen LogP contribution in [0.25, 0.3) is 0 Å². The zero-order chi connectivity index (χ0) is 21.4. The van der Waals surface area contributed by atoms with E-state index in [0.717, 1.165) is 11.3 Å². The van der Waals surface area contributed by atoms with Crippen molar-refractivity contribution in [2.75, 3.05) is 27.7 Å². The predicted molar refractivity (Wildman–Crippen MR) is 115 cm³/mol. The molecule has 7 nitrogen and oxygen atoms in total. The van der Waals surface area contributed by atoms with Crippen LogP contribution in [0.1, 0.15) is 18.2 Å². The van der Waals surface area contributed by atoms with Crippen molar-refractivity contribution >= 4 is 27.3 Å². The van der Waals surface area contributed by atoms with Gasteiger partial charge in [-0.15, -0.1) is 11.3 Å². The fourth-order valence-electron chi connectivity index (χ4n) is 2.38. The summed E-state index contributed by atoms with van der Waals surface area (Å²) < 4.78 is 44.9. The lowest BCUT2D eigenvalue weighted by molar-refractivity contribution is 0.199. The van der Waals surface area contributed by atoms with Crippen LogP contribution in [-0.4, -0.2) is 52.5 Å². The Balaban J connectivity index is 1.88. The van der Waals surface area contributed by atoms with E-state index in [4.69, 9.17) is 4.74 Å². The van der Waals surface area contributed by atoms with E-state index in [1.807, 2.05) is 6.92 Å². The topological polar surface area (TPSA) is 83.0 Å². The Morgan fingerprint density at radius 2 is 2.03 bits per heavy atom. The molecule has 2 N–H and O–H groups in total. The zero-order valence-corrected chi connectivity index (χ0v) is 18.6. The van der Waals surface area contributed by atoms with Crippen molar-refractivity contribution < 1.29 is 17.5 Å². The first kappa shape index (κ1) is 23.1. The van der Waals surface area contributed by atoms with Crippen LogP contribution in [0.4, 0.5) is 4.39 Å². The highest BCUT2D eigenvalue weighted by Gasteiger charge is 2.19. The monoisotopic (exact) mass is 442 g/mol. The average molecular weight is 443 g/mol. The first-order chi connectivity index (χ1) is 13.8. The molecule has 0 bridgehead atoms. The van der Waals surface area contributed by atoms with E-state index in [1.54, 1.807) is 31.3 Å². The molecule has 29 heavy (non-hydrogen) atoms. The minimum absolute atomic E-state index is 0.158. The minimum atomic E-state index is -3.42. The molecule has 1 atom stereocenters. The lowest BCUT2D eigenvalue weighted by Gasteiger charge is -2.20. The number of hydrogen-bond donors (Lipinski definition) is 2. The number of nitrogens with zero attached hydrogens (tertiary/aromatic N) is 2. The van der Waals surface area contributed by atoms with Crippen molar-refractivity contribution in [2.45, 2.75) is 30.2 Å². The van der Waals surface area contributed by atoms with E-state index < -0.39 is 10.0 Å². The fraction of sp³-hybridized carbons (Fsp3) is 0.421. The first-order valence-electron chi connectivity index (χ1n) is 9.14. The highest BCUT2D eigenvalue weighted by molar-refractivity contribution is 7.91. The van der Waals surface area contributed by atoms with E-state index in [0.29, 0.717) is 29.0 Å². The number of halogens is 1. The standard InChI is InChI=1S/C19H27FN4O3S2/c1-5-15(27-16-8-6-7-14(20)11-16)12-22-19(21-2)23-13-17-9-10-18(28-17)29(25,26)24(3)4/h6-11,15H,5,12-13H2,1-4H3,(H2,21,22,23). The van der Waals surface area contributed by atoms with Gasteiger partial charge < -0.3 is 15.4 Å². The third kappa shape index (κ3) is 6.69. The molecule has 2 aromatic rings. The number of nitrogens with one attached hydrogen (secondary N) is 2. The molecular formula is C19H27FN4O3S2. The van der Waals surface area contributed by atoms with Gasteiger partial charge in [0.05, 0.1) is 13.1 Å². The molecule has 1 aromatic heterocycles. The molecule has 0 saturated carbocycles. The largest absolute Gasteiger partial charge is 0.489 e. The van der Waals surface area contributed by atoms with E-state index in [9.17, 15) is 12.8 Å². The summed E-state index contributed by atoms with van der Waals surface area (Å²) in [6.07, 6.45) is 0.575. The maximum atomic E-state index is 13.3. The molecule has 160 valence electrons. The van der Waals surface area contributed by atoms with Crippen molar-refractivity contribution in [1.82, 2.24) is 14.9 Å². The zero-order valence-electron chi connectivity index (χ0n) is 17.0. The maximum absolute atomic E-state index is 13.3. The van der Waals surface area contributed by atoms with E-state index in [2.05, 4.69) is 15.6 Å². The number of sulfonamides is 1. The molecule has 10 heteroatoms. The summed E-state index contributed by atoms with van der Waals surface area (Å²) in [5.74, 6) is 0.709. The fourth-order valence-corrected chi connectivity index (χ4v) is 4.84. The highest BCUT2D eigenvalue weighted by atomic mass is 32.2.